The van der Waals surface area contributed by atoms with E-state index in [9.17, 15) is 14.7 Å². The highest BCUT2D eigenvalue weighted by atomic mass is 35.5. The number of benzene rings is 1. The molecule has 1 aromatic carbocycles. The number of carboxylic acids is 1. The second kappa shape index (κ2) is 5.68. The van der Waals surface area contributed by atoms with Crippen molar-refractivity contribution in [3.05, 3.63) is 29.3 Å². The van der Waals surface area contributed by atoms with Crippen LogP contribution in [-0.2, 0) is 4.79 Å². The molecule has 1 aromatic rings. The van der Waals surface area contributed by atoms with Gasteiger partial charge in [-0.2, -0.15) is 0 Å². The summed E-state index contributed by atoms with van der Waals surface area (Å²) in [5, 5.41) is 15.1. The molecule has 1 fully saturated rings. The monoisotopic (exact) mass is 297 g/mol. The average molecular weight is 298 g/mol. The summed E-state index contributed by atoms with van der Waals surface area (Å²) in [6.07, 6.45) is 0.382. The van der Waals surface area contributed by atoms with Gasteiger partial charge in [0.2, 0.25) is 0 Å². The van der Waals surface area contributed by atoms with Crippen molar-refractivity contribution >= 4 is 29.3 Å². The van der Waals surface area contributed by atoms with E-state index in [1.165, 1.54) is 0 Å². The van der Waals surface area contributed by atoms with E-state index >= 15 is 0 Å². The summed E-state index contributed by atoms with van der Waals surface area (Å²) in [5.41, 5.74) is -0.676. The summed E-state index contributed by atoms with van der Waals surface area (Å²) in [7, 11) is 1.82. The van der Waals surface area contributed by atoms with Crippen molar-refractivity contribution in [1.29, 1.82) is 0 Å². The van der Waals surface area contributed by atoms with Crippen molar-refractivity contribution in [3.8, 4) is 0 Å². The number of likely N-dealkylation sites (N-methyl/N-ethyl adjacent to an activating group) is 1. The summed E-state index contributed by atoms with van der Waals surface area (Å²) < 4.78 is 0. The van der Waals surface area contributed by atoms with Crippen LogP contribution in [-0.4, -0.2) is 47.7 Å². The lowest BCUT2D eigenvalue weighted by Gasteiger charge is -2.25. The first-order valence-electron chi connectivity index (χ1n) is 6.18. The largest absolute Gasteiger partial charge is 0.479 e. The molecule has 0 aliphatic carbocycles. The summed E-state index contributed by atoms with van der Waals surface area (Å²) in [4.78, 5) is 25.2. The molecule has 108 valence electrons. The van der Waals surface area contributed by atoms with Gasteiger partial charge in [-0.15, -0.1) is 0 Å². The number of rotatable bonds is 3. The van der Waals surface area contributed by atoms with Crippen molar-refractivity contribution in [2.45, 2.75) is 12.0 Å². The smallest absolute Gasteiger partial charge is 0.330 e. The number of nitrogens with zero attached hydrogens (tertiary/aromatic N) is 1. The zero-order valence-electron chi connectivity index (χ0n) is 11.0. The van der Waals surface area contributed by atoms with Crippen LogP contribution < -0.4 is 10.6 Å². The Morgan fingerprint density at radius 1 is 1.35 bits per heavy atom. The number of carbonyl (C=O) groups is 2. The molecule has 0 radical (unpaired) electrons. The molecule has 2 rings (SSSR count). The number of carboxylic acid groups (broad SMARTS) is 1. The minimum absolute atomic E-state index is 0.288. The maximum Gasteiger partial charge on any atom is 0.330 e. The number of aliphatic carboxylic acids is 1. The van der Waals surface area contributed by atoms with Crippen LogP contribution in [0.5, 0.6) is 0 Å². The maximum absolute atomic E-state index is 11.9. The average Bonchev–Trinajstić information content (AvgIpc) is 2.75. The van der Waals surface area contributed by atoms with E-state index in [1.807, 2.05) is 11.9 Å². The third-order valence-electron chi connectivity index (χ3n) is 3.32. The zero-order chi connectivity index (χ0) is 14.8. The molecule has 1 atom stereocenters. The molecular weight excluding hydrogens is 282 g/mol. The minimum Gasteiger partial charge on any atom is -0.479 e. The van der Waals surface area contributed by atoms with Crippen molar-refractivity contribution in [2.24, 2.45) is 0 Å². The van der Waals surface area contributed by atoms with Crippen molar-refractivity contribution in [3.63, 3.8) is 0 Å². The number of likely N-dealkylation sites (tertiary alicyclic amines) is 1. The molecule has 0 spiro atoms. The number of halogens is 1. The van der Waals surface area contributed by atoms with E-state index in [0.717, 1.165) is 0 Å². The number of hydrogen-bond acceptors (Lipinski definition) is 3. The van der Waals surface area contributed by atoms with Gasteiger partial charge in [0.05, 0.1) is 0 Å². The standard InChI is InChI=1S/C13H16ClN3O3/c1-17-7-6-13(8-17,11(18)19)16-12(20)15-10-4-2-9(14)3-5-10/h2-5H,6-8H2,1H3,(H,18,19)(H2,15,16,20). The van der Waals surface area contributed by atoms with E-state index in [4.69, 9.17) is 11.6 Å². The first-order valence-corrected chi connectivity index (χ1v) is 6.56. The van der Waals surface area contributed by atoms with E-state index < -0.39 is 17.5 Å². The summed E-state index contributed by atoms with van der Waals surface area (Å²) in [6, 6.07) is 6.05. The van der Waals surface area contributed by atoms with E-state index in [2.05, 4.69) is 10.6 Å². The Hall–Kier alpha value is -1.79. The van der Waals surface area contributed by atoms with Crippen molar-refractivity contribution in [1.82, 2.24) is 10.2 Å². The normalized spacial score (nSPS) is 22.5. The van der Waals surface area contributed by atoms with Gasteiger partial charge in [-0.1, -0.05) is 11.6 Å². The highest BCUT2D eigenvalue weighted by molar-refractivity contribution is 6.30. The fourth-order valence-corrected chi connectivity index (χ4v) is 2.37. The van der Waals surface area contributed by atoms with Gasteiger partial charge in [0.1, 0.15) is 0 Å². The highest BCUT2D eigenvalue weighted by Gasteiger charge is 2.45. The minimum atomic E-state index is -1.23. The molecule has 1 aliphatic heterocycles. The van der Waals surface area contributed by atoms with Crippen LogP contribution in [0.15, 0.2) is 24.3 Å². The molecule has 2 amide bonds. The lowest BCUT2D eigenvalue weighted by atomic mass is 9.99. The van der Waals surface area contributed by atoms with Crippen LogP contribution in [0, 0.1) is 0 Å². The van der Waals surface area contributed by atoms with E-state index in [0.29, 0.717) is 23.7 Å². The lowest BCUT2D eigenvalue weighted by Crippen LogP contribution is -2.57. The van der Waals surface area contributed by atoms with Crippen LogP contribution in [0.1, 0.15) is 6.42 Å². The van der Waals surface area contributed by atoms with Crippen LogP contribution in [0.25, 0.3) is 0 Å². The number of urea groups is 1. The van der Waals surface area contributed by atoms with Gasteiger partial charge in [0.15, 0.2) is 5.54 Å². The molecule has 1 saturated heterocycles. The highest BCUT2D eigenvalue weighted by Crippen LogP contribution is 2.21. The van der Waals surface area contributed by atoms with Crippen LogP contribution in [0.4, 0.5) is 10.5 Å². The molecule has 0 aromatic heterocycles. The predicted octanol–water partition coefficient (Wildman–Crippen LogP) is 1.62. The van der Waals surface area contributed by atoms with E-state index in [-0.39, 0.29) is 6.54 Å². The fourth-order valence-electron chi connectivity index (χ4n) is 2.24. The number of anilines is 1. The summed E-state index contributed by atoms with van der Waals surface area (Å²) >= 11 is 5.75. The summed E-state index contributed by atoms with van der Waals surface area (Å²) in [5.74, 6) is -1.02. The number of amides is 2. The SMILES string of the molecule is CN1CCC(NC(=O)Nc2ccc(Cl)cc2)(C(=O)O)C1. The molecule has 20 heavy (non-hydrogen) atoms. The Morgan fingerprint density at radius 3 is 2.50 bits per heavy atom. The van der Waals surface area contributed by atoms with Gasteiger partial charge in [0.25, 0.3) is 0 Å². The van der Waals surface area contributed by atoms with Gasteiger partial charge in [0, 0.05) is 23.8 Å². The number of nitrogens with one attached hydrogen (secondary N) is 2. The quantitative estimate of drug-likeness (QED) is 0.792. The van der Waals surface area contributed by atoms with Crippen molar-refractivity contribution in [2.75, 3.05) is 25.5 Å². The molecule has 0 saturated carbocycles. The van der Waals surface area contributed by atoms with Gasteiger partial charge in [-0.25, -0.2) is 9.59 Å². The topological polar surface area (TPSA) is 81.7 Å². The molecule has 6 nitrogen and oxygen atoms in total. The fraction of sp³-hybridized carbons (Fsp3) is 0.385. The Bertz CT molecular complexity index is 520. The van der Waals surface area contributed by atoms with Gasteiger partial charge < -0.3 is 20.6 Å². The zero-order valence-corrected chi connectivity index (χ0v) is 11.8. The number of hydrogen-bond donors (Lipinski definition) is 3. The van der Waals surface area contributed by atoms with Crippen LogP contribution in [0.2, 0.25) is 5.02 Å². The van der Waals surface area contributed by atoms with Gasteiger partial charge in [-0.05, 0) is 37.7 Å². The third-order valence-corrected chi connectivity index (χ3v) is 3.58. The second-order valence-electron chi connectivity index (χ2n) is 4.96. The number of carbonyl (C=O) groups excluding carboxylic acids is 1. The predicted molar refractivity (Wildman–Crippen MR) is 76.1 cm³/mol. The molecule has 0 bridgehead atoms. The first-order chi connectivity index (χ1) is 9.41. The molecular formula is C13H16ClN3O3. The molecule has 1 aliphatic rings. The maximum atomic E-state index is 11.9. The Kier molecular flexibility index (Phi) is 4.15. The van der Waals surface area contributed by atoms with Crippen LogP contribution >= 0.6 is 11.6 Å². The molecule has 3 N–H and O–H groups in total. The van der Waals surface area contributed by atoms with Crippen molar-refractivity contribution < 1.29 is 14.7 Å². The molecule has 1 heterocycles. The summed E-state index contributed by atoms with van der Waals surface area (Å²) in [6.45, 7) is 0.921. The van der Waals surface area contributed by atoms with Crippen LogP contribution in [0.3, 0.4) is 0 Å². The van der Waals surface area contributed by atoms with E-state index in [1.54, 1.807) is 24.3 Å². The Balaban J connectivity index is 2.02. The lowest BCUT2D eigenvalue weighted by molar-refractivity contribution is -0.143. The van der Waals surface area contributed by atoms with Gasteiger partial charge in [-0.3, -0.25) is 0 Å². The molecule has 7 heteroatoms. The third kappa shape index (κ3) is 3.20. The van der Waals surface area contributed by atoms with Gasteiger partial charge >= 0.3 is 12.0 Å². The Labute approximate surface area is 121 Å². The molecule has 1 unspecified atom stereocenters. The first kappa shape index (κ1) is 14.6. The second-order valence-corrected chi connectivity index (χ2v) is 5.40. The Morgan fingerprint density at radius 2 is 2.00 bits per heavy atom.